The molecular formula is C20H18ClN3O2. The van der Waals surface area contributed by atoms with E-state index in [0.717, 1.165) is 11.4 Å². The average molecular weight is 368 g/mol. The van der Waals surface area contributed by atoms with Crippen molar-refractivity contribution in [3.63, 3.8) is 0 Å². The van der Waals surface area contributed by atoms with Crippen LogP contribution in [0.15, 0.2) is 66.9 Å². The number of pyridine rings is 1. The van der Waals surface area contributed by atoms with E-state index in [1.54, 1.807) is 36.4 Å². The highest BCUT2D eigenvalue weighted by atomic mass is 35.5. The molecule has 1 amide bonds. The second-order valence-electron chi connectivity index (χ2n) is 5.48. The number of ether oxygens (including phenoxy) is 1. The molecule has 0 aliphatic carbocycles. The Morgan fingerprint density at radius 2 is 1.69 bits per heavy atom. The fourth-order valence-electron chi connectivity index (χ4n) is 2.29. The minimum atomic E-state index is -0.229. The molecule has 0 radical (unpaired) electrons. The summed E-state index contributed by atoms with van der Waals surface area (Å²) in [5, 5.41) is 6.60. The third-order valence-corrected chi connectivity index (χ3v) is 3.82. The van der Waals surface area contributed by atoms with E-state index in [-0.39, 0.29) is 5.91 Å². The SMILES string of the molecule is CCOc1ccc(Nc2ccc(C(=O)Nc3ccc(Cl)cc3)cn2)cc1. The van der Waals surface area contributed by atoms with Gasteiger partial charge in [0.1, 0.15) is 11.6 Å². The molecule has 132 valence electrons. The summed E-state index contributed by atoms with van der Waals surface area (Å²) in [5.74, 6) is 1.24. The van der Waals surface area contributed by atoms with Crippen LogP contribution in [0, 0.1) is 0 Å². The Hall–Kier alpha value is -3.05. The first-order valence-corrected chi connectivity index (χ1v) is 8.54. The van der Waals surface area contributed by atoms with Crippen LogP contribution in [0.2, 0.25) is 5.02 Å². The Labute approximate surface area is 157 Å². The molecule has 0 bridgehead atoms. The molecule has 3 rings (SSSR count). The standard InChI is InChI=1S/C20H18ClN3O2/c1-2-26-18-10-8-16(9-11-18)23-19-12-3-14(13-22-19)20(25)24-17-6-4-15(21)5-7-17/h3-13H,2H2,1H3,(H,22,23)(H,24,25). The Morgan fingerprint density at radius 1 is 1.00 bits per heavy atom. The number of aromatic nitrogens is 1. The van der Waals surface area contributed by atoms with Crippen molar-refractivity contribution in [2.24, 2.45) is 0 Å². The number of benzene rings is 2. The summed E-state index contributed by atoms with van der Waals surface area (Å²) >= 11 is 5.84. The zero-order valence-electron chi connectivity index (χ0n) is 14.2. The number of carbonyl (C=O) groups excluding carboxylic acids is 1. The monoisotopic (exact) mass is 367 g/mol. The summed E-state index contributed by atoms with van der Waals surface area (Å²) in [6, 6.07) is 18.0. The van der Waals surface area contributed by atoms with Crippen molar-refractivity contribution in [3.8, 4) is 5.75 Å². The molecule has 0 atom stereocenters. The molecule has 2 N–H and O–H groups in total. The summed E-state index contributed by atoms with van der Waals surface area (Å²) < 4.78 is 5.41. The maximum Gasteiger partial charge on any atom is 0.257 e. The van der Waals surface area contributed by atoms with Crippen LogP contribution in [0.25, 0.3) is 0 Å². The lowest BCUT2D eigenvalue weighted by molar-refractivity contribution is 0.102. The summed E-state index contributed by atoms with van der Waals surface area (Å²) in [6.07, 6.45) is 1.53. The van der Waals surface area contributed by atoms with Crippen molar-refractivity contribution in [2.75, 3.05) is 17.2 Å². The Balaban J connectivity index is 1.62. The number of carbonyl (C=O) groups is 1. The minimum Gasteiger partial charge on any atom is -0.494 e. The van der Waals surface area contributed by atoms with E-state index in [0.29, 0.717) is 28.7 Å². The third-order valence-electron chi connectivity index (χ3n) is 3.57. The number of halogens is 1. The van der Waals surface area contributed by atoms with Gasteiger partial charge in [0.05, 0.1) is 12.2 Å². The molecule has 0 spiro atoms. The van der Waals surface area contributed by atoms with Crippen molar-refractivity contribution in [2.45, 2.75) is 6.92 Å². The Morgan fingerprint density at radius 3 is 2.31 bits per heavy atom. The van der Waals surface area contributed by atoms with Gasteiger partial charge in [0.25, 0.3) is 5.91 Å². The van der Waals surface area contributed by atoms with Crippen molar-refractivity contribution < 1.29 is 9.53 Å². The molecule has 0 unspecified atom stereocenters. The van der Waals surface area contributed by atoms with Crippen LogP contribution in [-0.2, 0) is 0 Å². The van der Waals surface area contributed by atoms with Crippen LogP contribution < -0.4 is 15.4 Å². The molecule has 26 heavy (non-hydrogen) atoms. The third kappa shape index (κ3) is 4.74. The van der Waals surface area contributed by atoms with Crippen molar-refractivity contribution in [1.82, 2.24) is 4.98 Å². The lowest BCUT2D eigenvalue weighted by atomic mass is 10.2. The highest BCUT2D eigenvalue weighted by molar-refractivity contribution is 6.30. The topological polar surface area (TPSA) is 63.2 Å². The first-order chi connectivity index (χ1) is 12.6. The van der Waals surface area contributed by atoms with Gasteiger partial charge < -0.3 is 15.4 Å². The lowest BCUT2D eigenvalue weighted by Gasteiger charge is -2.09. The number of nitrogens with zero attached hydrogens (tertiary/aromatic N) is 1. The van der Waals surface area contributed by atoms with Gasteiger partial charge in [-0.05, 0) is 67.6 Å². The summed E-state index contributed by atoms with van der Waals surface area (Å²) in [7, 11) is 0. The Bertz CT molecular complexity index is 863. The van der Waals surface area contributed by atoms with Crippen LogP contribution in [0.5, 0.6) is 5.75 Å². The zero-order valence-corrected chi connectivity index (χ0v) is 15.0. The van der Waals surface area contributed by atoms with Crippen molar-refractivity contribution >= 4 is 34.7 Å². The second kappa shape index (κ2) is 8.36. The molecule has 2 aromatic carbocycles. The number of amides is 1. The van der Waals surface area contributed by atoms with E-state index in [2.05, 4.69) is 15.6 Å². The van der Waals surface area contributed by atoms with Gasteiger partial charge in [0, 0.05) is 22.6 Å². The number of anilines is 3. The smallest absolute Gasteiger partial charge is 0.257 e. The highest BCUT2D eigenvalue weighted by Crippen LogP contribution is 2.19. The number of rotatable bonds is 6. The molecule has 0 aliphatic rings. The van der Waals surface area contributed by atoms with E-state index in [4.69, 9.17) is 16.3 Å². The molecule has 0 fully saturated rings. The maximum atomic E-state index is 12.2. The van der Waals surface area contributed by atoms with Crippen LogP contribution in [-0.4, -0.2) is 17.5 Å². The van der Waals surface area contributed by atoms with Gasteiger partial charge in [0.15, 0.2) is 0 Å². The zero-order chi connectivity index (χ0) is 18.4. The van der Waals surface area contributed by atoms with E-state index < -0.39 is 0 Å². The van der Waals surface area contributed by atoms with Crippen LogP contribution >= 0.6 is 11.6 Å². The molecular weight excluding hydrogens is 350 g/mol. The van der Waals surface area contributed by atoms with Gasteiger partial charge in [-0.15, -0.1) is 0 Å². The fraction of sp³-hybridized carbons (Fsp3) is 0.100. The largest absolute Gasteiger partial charge is 0.494 e. The molecule has 3 aromatic rings. The first-order valence-electron chi connectivity index (χ1n) is 8.17. The summed E-state index contributed by atoms with van der Waals surface area (Å²) in [6.45, 7) is 2.58. The molecule has 1 heterocycles. The van der Waals surface area contributed by atoms with Crippen molar-refractivity contribution in [1.29, 1.82) is 0 Å². The molecule has 1 aromatic heterocycles. The fourth-order valence-corrected chi connectivity index (χ4v) is 2.41. The predicted octanol–water partition coefficient (Wildman–Crippen LogP) is 5.13. The molecule has 0 aliphatic heterocycles. The average Bonchev–Trinajstić information content (AvgIpc) is 2.66. The van der Waals surface area contributed by atoms with Gasteiger partial charge in [-0.2, -0.15) is 0 Å². The molecule has 0 saturated carbocycles. The molecule has 0 saturated heterocycles. The number of hydrogen-bond donors (Lipinski definition) is 2. The van der Waals surface area contributed by atoms with E-state index in [1.165, 1.54) is 6.20 Å². The van der Waals surface area contributed by atoms with Gasteiger partial charge in [0.2, 0.25) is 0 Å². The Kier molecular flexibility index (Phi) is 5.71. The maximum absolute atomic E-state index is 12.2. The lowest BCUT2D eigenvalue weighted by Crippen LogP contribution is -2.12. The molecule has 5 nitrogen and oxygen atoms in total. The number of hydrogen-bond acceptors (Lipinski definition) is 4. The highest BCUT2D eigenvalue weighted by Gasteiger charge is 2.07. The normalized spacial score (nSPS) is 10.2. The van der Waals surface area contributed by atoms with Crippen LogP contribution in [0.4, 0.5) is 17.2 Å². The quantitative estimate of drug-likeness (QED) is 0.634. The molecule has 6 heteroatoms. The van der Waals surface area contributed by atoms with Crippen LogP contribution in [0.3, 0.4) is 0 Å². The summed E-state index contributed by atoms with van der Waals surface area (Å²) in [4.78, 5) is 16.5. The first kappa shape index (κ1) is 17.8. The van der Waals surface area contributed by atoms with E-state index >= 15 is 0 Å². The van der Waals surface area contributed by atoms with Gasteiger partial charge in [-0.1, -0.05) is 11.6 Å². The van der Waals surface area contributed by atoms with E-state index in [1.807, 2.05) is 31.2 Å². The van der Waals surface area contributed by atoms with Crippen LogP contribution in [0.1, 0.15) is 17.3 Å². The summed E-state index contributed by atoms with van der Waals surface area (Å²) in [5.41, 5.74) is 2.03. The van der Waals surface area contributed by atoms with Gasteiger partial charge in [-0.3, -0.25) is 4.79 Å². The minimum absolute atomic E-state index is 0.229. The predicted molar refractivity (Wildman–Crippen MR) is 105 cm³/mol. The second-order valence-corrected chi connectivity index (χ2v) is 5.91. The van der Waals surface area contributed by atoms with Gasteiger partial charge >= 0.3 is 0 Å². The van der Waals surface area contributed by atoms with Crippen molar-refractivity contribution in [3.05, 3.63) is 77.4 Å². The van der Waals surface area contributed by atoms with E-state index in [9.17, 15) is 4.79 Å². The van der Waals surface area contributed by atoms with Gasteiger partial charge in [-0.25, -0.2) is 4.98 Å². The number of nitrogens with one attached hydrogen (secondary N) is 2.